The maximum atomic E-state index is 13.3. The zero-order chi connectivity index (χ0) is 32.3. The number of nitrogens with zero attached hydrogens (tertiary/aromatic N) is 1. The van der Waals surface area contributed by atoms with Crippen LogP contribution in [-0.4, -0.2) is 37.3 Å². The Morgan fingerprint density at radius 2 is 1.64 bits per heavy atom. The highest BCUT2D eigenvalue weighted by Gasteiger charge is 2.25. The molecule has 0 aliphatic heterocycles. The van der Waals surface area contributed by atoms with E-state index in [4.69, 9.17) is 49.0 Å². The molecule has 0 radical (unpaired) electrons. The third-order valence-corrected chi connectivity index (χ3v) is 7.94. The predicted octanol–water partition coefficient (Wildman–Crippen LogP) is 7.64. The van der Waals surface area contributed by atoms with Crippen molar-refractivity contribution in [3.8, 4) is 17.2 Å². The summed E-state index contributed by atoms with van der Waals surface area (Å²) >= 11 is 21.9. The van der Waals surface area contributed by atoms with Gasteiger partial charge in [-0.25, -0.2) is 5.43 Å². The van der Waals surface area contributed by atoms with Crippen LogP contribution >= 0.6 is 50.7 Å². The van der Waals surface area contributed by atoms with Gasteiger partial charge in [0.1, 0.15) is 18.4 Å². The fourth-order valence-corrected chi connectivity index (χ4v) is 5.35. The quantitative estimate of drug-likeness (QED) is 0.109. The van der Waals surface area contributed by atoms with Crippen molar-refractivity contribution in [1.82, 2.24) is 10.7 Å². The van der Waals surface area contributed by atoms with Gasteiger partial charge >= 0.3 is 0 Å². The summed E-state index contributed by atoms with van der Waals surface area (Å²) in [7, 11) is 1.52. The topological polar surface area (TPSA) is 98.2 Å². The highest BCUT2D eigenvalue weighted by atomic mass is 79.9. The minimum atomic E-state index is -0.957. The Hall–Kier alpha value is -3.76. The number of methoxy groups -OCH3 is 1. The normalized spacial score (nSPS) is 12.3. The van der Waals surface area contributed by atoms with E-state index in [-0.39, 0.29) is 18.1 Å². The van der Waals surface area contributed by atoms with E-state index in [9.17, 15) is 9.59 Å². The second-order valence-electron chi connectivity index (χ2n) is 9.73. The summed E-state index contributed by atoms with van der Waals surface area (Å²) in [5, 5.41) is 8.18. The Kier molecular flexibility index (Phi) is 12.5. The van der Waals surface area contributed by atoms with Gasteiger partial charge in [-0.3, -0.25) is 9.59 Å². The van der Waals surface area contributed by atoms with Gasteiger partial charge in [0.2, 0.25) is 0 Å². The average Bonchev–Trinajstić information content (AvgIpc) is 3.02. The summed E-state index contributed by atoms with van der Waals surface area (Å²) in [6.45, 7) is 1.80. The first-order valence-corrected chi connectivity index (χ1v) is 15.6. The van der Waals surface area contributed by atoms with E-state index >= 15 is 0 Å². The molecule has 0 aliphatic carbocycles. The molecule has 0 saturated heterocycles. The highest BCUT2D eigenvalue weighted by Crippen LogP contribution is 2.37. The van der Waals surface area contributed by atoms with Gasteiger partial charge in [0.05, 0.1) is 22.8 Å². The number of halogens is 4. The summed E-state index contributed by atoms with van der Waals surface area (Å²) < 4.78 is 17.9. The Bertz CT molecular complexity index is 1670. The second-order valence-corrected chi connectivity index (χ2v) is 11.8. The number of benzene rings is 4. The van der Waals surface area contributed by atoms with Crippen LogP contribution in [0.3, 0.4) is 0 Å². The number of nitrogens with one attached hydrogen (secondary N) is 2. The van der Waals surface area contributed by atoms with Crippen LogP contribution in [0, 0.1) is 0 Å². The summed E-state index contributed by atoms with van der Waals surface area (Å²) in [5.41, 5.74) is 4.81. The van der Waals surface area contributed by atoms with E-state index in [1.54, 1.807) is 37.3 Å². The molecule has 12 heteroatoms. The molecular weight excluding hydrogens is 705 g/mol. The fraction of sp³-hybridized carbons (Fsp3) is 0.182. The third-order valence-electron chi connectivity index (χ3n) is 6.45. The van der Waals surface area contributed by atoms with Crippen molar-refractivity contribution >= 4 is 68.8 Å². The molecule has 4 aromatic rings. The summed E-state index contributed by atoms with van der Waals surface area (Å²) in [5.74, 6) is 0.195. The monoisotopic (exact) mass is 731 g/mol. The molecule has 2 N–H and O–H groups in total. The van der Waals surface area contributed by atoms with Crippen molar-refractivity contribution in [3.63, 3.8) is 0 Å². The molecule has 0 saturated carbocycles. The van der Waals surface area contributed by atoms with E-state index in [1.807, 2.05) is 48.5 Å². The van der Waals surface area contributed by atoms with Gasteiger partial charge in [-0.05, 0) is 70.4 Å². The van der Waals surface area contributed by atoms with Gasteiger partial charge in [0, 0.05) is 22.0 Å². The lowest BCUT2D eigenvalue weighted by Crippen LogP contribution is -2.50. The van der Waals surface area contributed by atoms with Crippen molar-refractivity contribution in [2.45, 2.75) is 32.1 Å². The van der Waals surface area contributed by atoms with Crippen LogP contribution in [0.4, 0.5) is 0 Å². The Morgan fingerprint density at radius 1 is 0.911 bits per heavy atom. The number of hydrogen-bond donors (Lipinski definition) is 2. The van der Waals surface area contributed by atoms with Crippen LogP contribution in [0.2, 0.25) is 15.1 Å². The SMILES string of the molecule is COc1cc(/C=N\NC(=O)[C@@H](Cc2ccccc2)NC(=O)[C@@H](C)Oc2ccc(Cl)cc2Cl)cc(Br)c1OCc1ccccc1Cl. The smallest absolute Gasteiger partial charge is 0.262 e. The summed E-state index contributed by atoms with van der Waals surface area (Å²) in [6, 6.07) is 23.9. The number of hydrazone groups is 1. The largest absolute Gasteiger partial charge is 0.493 e. The lowest BCUT2D eigenvalue weighted by Gasteiger charge is -2.21. The molecule has 234 valence electrons. The molecular formula is C33H29BrCl3N3O5. The van der Waals surface area contributed by atoms with Crippen LogP contribution in [0.25, 0.3) is 0 Å². The van der Waals surface area contributed by atoms with Crippen LogP contribution in [0.15, 0.2) is 94.5 Å². The lowest BCUT2D eigenvalue weighted by molar-refractivity contribution is -0.132. The molecule has 45 heavy (non-hydrogen) atoms. The molecule has 0 aliphatic rings. The molecule has 0 aromatic heterocycles. The zero-order valence-electron chi connectivity index (χ0n) is 24.2. The standard InChI is InChI=1S/C33H29BrCl3N3O5/c1-20(45-29-13-12-24(35)17-27(29)37)32(41)39-28(15-21-8-4-3-5-9-21)33(42)40-38-18-22-14-25(34)31(30(16-22)43-2)44-19-23-10-6-7-11-26(23)36/h3-14,16-18,20,28H,15,19H2,1-2H3,(H,39,41)(H,40,42)/b38-18-/t20-,28-/m1/s1. The number of ether oxygens (including phenoxy) is 3. The first-order chi connectivity index (χ1) is 21.6. The lowest BCUT2D eigenvalue weighted by atomic mass is 10.1. The van der Waals surface area contributed by atoms with Crippen molar-refractivity contribution in [1.29, 1.82) is 0 Å². The van der Waals surface area contributed by atoms with E-state index < -0.39 is 24.0 Å². The van der Waals surface area contributed by atoms with Crippen molar-refractivity contribution < 1.29 is 23.8 Å². The first-order valence-electron chi connectivity index (χ1n) is 13.7. The molecule has 0 bridgehead atoms. The third kappa shape index (κ3) is 9.86. The number of hydrogen-bond acceptors (Lipinski definition) is 6. The van der Waals surface area contributed by atoms with Gasteiger partial charge in [0.15, 0.2) is 17.6 Å². The number of rotatable bonds is 13. The maximum Gasteiger partial charge on any atom is 0.262 e. The van der Waals surface area contributed by atoms with E-state index in [2.05, 4.69) is 31.8 Å². The minimum absolute atomic E-state index is 0.221. The molecule has 0 unspecified atom stereocenters. The van der Waals surface area contributed by atoms with Gasteiger partial charge in [-0.15, -0.1) is 0 Å². The molecule has 2 atom stereocenters. The molecule has 0 fully saturated rings. The molecule has 2 amide bonds. The first kappa shape index (κ1) is 34.1. The van der Waals surface area contributed by atoms with Crippen LogP contribution in [0.5, 0.6) is 17.2 Å². The number of amides is 2. The van der Waals surface area contributed by atoms with Crippen molar-refractivity contribution in [3.05, 3.63) is 121 Å². The Labute approximate surface area is 284 Å². The van der Waals surface area contributed by atoms with E-state index in [0.29, 0.717) is 37.3 Å². The Morgan fingerprint density at radius 3 is 2.36 bits per heavy atom. The second kappa shape index (κ2) is 16.5. The Balaban J connectivity index is 1.44. The maximum absolute atomic E-state index is 13.3. The average molecular weight is 734 g/mol. The van der Waals surface area contributed by atoms with Gasteiger partial charge in [-0.1, -0.05) is 83.3 Å². The van der Waals surface area contributed by atoms with Crippen LogP contribution in [-0.2, 0) is 22.6 Å². The van der Waals surface area contributed by atoms with E-state index in [1.165, 1.54) is 19.4 Å². The van der Waals surface area contributed by atoms with Crippen LogP contribution in [0.1, 0.15) is 23.6 Å². The van der Waals surface area contributed by atoms with Gasteiger partial charge in [-0.2, -0.15) is 5.10 Å². The fourth-order valence-electron chi connectivity index (χ4n) is 4.13. The van der Waals surface area contributed by atoms with Crippen LogP contribution < -0.4 is 25.0 Å². The molecule has 4 rings (SSSR count). The summed E-state index contributed by atoms with van der Waals surface area (Å²) in [4.78, 5) is 26.3. The number of carbonyl (C=O) groups is 2. The molecule has 0 heterocycles. The molecule has 4 aromatic carbocycles. The van der Waals surface area contributed by atoms with Crippen molar-refractivity contribution in [2.24, 2.45) is 5.10 Å². The highest BCUT2D eigenvalue weighted by molar-refractivity contribution is 9.10. The van der Waals surface area contributed by atoms with E-state index in [0.717, 1.165) is 11.1 Å². The van der Waals surface area contributed by atoms with Gasteiger partial charge < -0.3 is 19.5 Å². The minimum Gasteiger partial charge on any atom is -0.493 e. The van der Waals surface area contributed by atoms with Gasteiger partial charge in [0.25, 0.3) is 11.8 Å². The summed E-state index contributed by atoms with van der Waals surface area (Å²) in [6.07, 6.45) is 0.722. The molecule has 0 spiro atoms. The molecule has 8 nitrogen and oxygen atoms in total. The van der Waals surface area contributed by atoms with Crippen molar-refractivity contribution in [2.75, 3.05) is 7.11 Å². The number of carbonyl (C=O) groups excluding carboxylic acids is 2. The predicted molar refractivity (Wildman–Crippen MR) is 181 cm³/mol. The zero-order valence-corrected chi connectivity index (χ0v) is 28.1.